The predicted octanol–water partition coefficient (Wildman–Crippen LogP) is 4.80. The molecule has 0 saturated carbocycles. The highest BCUT2D eigenvalue weighted by Crippen LogP contribution is 2.33. The van der Waals surface area contributed by atoms with Crippen LogP contribution in [0.25, 0.3) is 0 Å². The molecule has 28 heavy (non-hydrogen) atoms. The highest BCUT2D eigenvalue weighted by atomic mass is 35.5. The maximum atomic E-state index is 12.4. The van der Waals surface area contributed by atoms with Crippen LogP contribution in [0.5, 0.6) is 5.75 Å². The zero-order valence-corrected chi connectivity index (χ0v) is 17.1. The highest BCUT2D eigenvalue weighted by Gasteiger charge is 2.13. The first kappa shape index (κ1) is 20.3. The fourth-order valence-electron chi connectivity index (χ4n) is 2.58. The number of thiocarbonyl (C=S) groups is 1. The van der Waals surface area contributed by atoms with Crippen LogP contribution in [0.4, 0.5) is 11.4 Å². The van der Waals surface area contributed by atoms with E-state index >= 15 is 0 Å². The standard InChI is InChI=1S/C21H16Cl2N2O2S/c22-16-5-3-6-17(23)20(16)25-18-7-2-1-4-14(18)12-19(26)27-15-10-8-13(9-11-15)21(24)28/h1-11,25H,12H2,(H2,24,28)/p+1. The van der Waals surface area contributed by atoms with Gasteiger partial charge in [0.05, 0.1) is 22.2 Å². The largest absolute Gasteiger partial charge is 0.426 e. The summed E-state index contributed by atoms with van der Waals surface area (Å²) >= 11 is 17.5. The Bertz CT molecular complexity index is 1000. The number of hydrogen-bond acceptors (Lipinski definition) is 4. The van der Waals surface area contributed by atoms with Crippen molar-refractivity contribution in [1.29, 1.82) is 0 Å². The number of rotatable bonds is 6. The number of anilines is 2. The Morgan fingerprint density at radius 1 is 0.964 bits per heavy atom. The first-order valence-electron chi connectivity index (χ1n) is 8.40. The number of carbonyl (C=O) groups excluding carboxylic acids is 1. The fourth-order valence-corrected chi connectivity index (χ4v) is 3.21. The molecule has 4 nitrogen and oxygen atoms in total. The molecule has 0 saturated heterocycles. The van der Waals surface area contributed by atoms with E-state index in [1.165, 1.54) is 0 Å². The van der Waals surface area contributed by atoms with Crippen LogP contribution in [0, 0.1) is 0 Å². The van der Waals surface area contributed by atoms with Gasteiger partial charge in [-0.2, -0.15) is 0 Å². The molecule has 3 rings (SSSR count). The molecule has 7 heteroatoms. The Balaban J connectivity index is 1.74. The summed E-state index contributed by atoms with van der Waals surface area (Å²) in [5, 5.41) is 4.19. The van der Waals surface area contributed by atoms with Gasteiger partial charge in [-0.3, -0.25) is 4.79 Å². The molecular formula is C21H17Cl2N2O2S+. The van der Waals surface area contributed by atoms with E-state index < -0.39 is 0 Å². The predicted molar refractivity (Wildman–Crippen MR) is 117 cm³/mol. The average molecular weight is 432 g/mol. The number of nitrogens with one attached hydrogen (secondary N) is 1. The minimum atomic E-state index is -0.385. The van der Waals surface area contributed by atoms with E-state index in [1.54, 1.807) is 42.5 Å². The third-order valence-electron chi connectivity index (χ3n) is 3.98. The zero-order chi connectivity index (χ0) is 20.1. The van der Waals surface area contributed by atoms with Gasteiger partial charge in [0.15, 0.2) is 0 Å². The van der Waals surface area contributed by atoms with E-state index in [2.05, 4.69) is 11.1 Å². The van der Waals surface area contributed by atoms with Crippen LogP contribution in [0.2, 0.25) is 10.0 Å². The summed E-state index contributed by atoms with van der Waals surface area (Å²) in [5.41, 5.74) is 6.61. The maximum Gasteiger partial charge on any atom is 0.315 e. The van der Waals surface area contributed by atoms with E-state index in [0.717, 1.165) is 16.8 Å². The van der Waals surface area contributed by atoms with Crippen LogP contribution in [0.15, 0.2) is 66.7 Å². The molecule has 0 heterocycles. The van der Waals surface area contributed by atoms with Gasteiger partial charge in [0, 0.05) is 11.3 Å². The zero-order valence-electron chi connectivity index (χ0n) is 14.7. The molecule has 0 unspecified atom stereocenters. The van der Waals surface area contributed by atoms with Crippen LogP contribution in [-0.4, -0.2) is 11.0 Å². The van der Waals surface area contributed by atoms with Gasteiger partial charge in [-0.25, -0.2) is 0 Å². The van der Waals surface area contributed by atoms with Crippen molar-refractivity contribution in [2.24, 2.45) is 0 Å². The van der Waals surface area contributed by atoms with Crippen molar-refractivity contribution < 1.29 is 15.3 Å². The Labute approximate surface area is 178 Å². The molecule has 0 aromatic heterocycles. The molecule has 3 aromatic carbocycles. The minimum Gasteiger partial charge on any atom is -0.426 e. The normalized spacial score (nSPS) is 10.4. The number of hydrogen-bond donors (Lipinski definition) is 2. The first-order chi connectivity index (χ1) is 13.4. The van der Waals surface area contributed by atoms with Gasteiger partial charge in [-0.15, -0.1) is 0 Å². The molecule has 0 atom stereocenters. The van der Waals surface area contributed by atoms with Crippen LogP contribution in [-0.2, 0) is 11.2 Å². The topological polar surface area (TPSA) is 66.0 Å². The Hall–Kier alpha value is -2.44. The monoisotopic (exact) mass is 431 g/mol. The summed E-state index contributed by atoms with van der Waals surface area (Å²) in [5.74, 6) is 0.0639. The van der Waals surface area contributed by atoms with Gasteiger partial charge in [0.25, 0.3) is 0 Å². The number of halogens is 2. The van der Waals surface area contributed by atoms with Gasteiger partial charge >= 0.3 is 5.97 Å². The molecule has 4 N–H and O–H groups in total. The molecule has 0 bridgehead atoms. The molecule has 0 amide bonds. The van der Waals surface area contributed by atoms with E-state index in [1.807, 2.05) is 24.3 Å². The lowest BCUT2D eigenvalue weighted by molar-refractivity contribution is -0.206. The lowest BCUT2D eigenvalue weighted by Gasteiger charge is -2.14. The summed E-state index contributed by atoms with van der Waals surface area (Å²) in [4.78, 5) is 12.9. The van der Waals surface area contributed by atoms with Gasteiger partial charge in [0.1, 0.15) is 5.75 Å². The lowest BCUT2D eigenvalue weighted by atomic mass is 10.1. The molecule has 0 aliphatic rings. The molecule has 3 aromatic rings. The van der Waals surface area contributed by atoms with Crippen molar-refractivity contribution in [3.05, 3.63) is 87.9 Å². The van der Waals surface area contributed by atoms with Gasteiger partial charge in [0.2, 0.25) is 4.99 Å². The Morgan fingerprint density at radius 3 is 2.25 bits per heavy atom. The number of ether oxygens (including phenoxy) is 1. The molecule has 0 aliphatic carbocycles. The second kappa shape index (κ2) is 9.17. The van der Waals surface area contributed by atoms with Crippen LogP contribution < -0.4 is 15.8 Å². The second-order valence-electron chi connectivity index (χ2n) is 5.98. The molecule has 0 fully saturated rings. The minimum absolute atomic E-state index is 0.0841. The number of benzene rings is 3. The smallest absolute Gasteiger partial charge is 0.315 e. The summed E-state index contributed by atoms with van der Waals surface area (Å²) in [6, 6.07) is 19.6. The SMILES string of the molecule is [NH3+]C(=S)c1ccc(OC(=O)Cc2ccccc2Nc2c(Cl)cccc2Cl)cc1. The molecular weight excluding hydrogens is 415 g/mol. The van der Waals surface area contributed by atoms with E-state index in [0.29, 0.717) is 26.5 Å². The van der Waals surface area contributed by atoms with E-state index in [9.17, 15) is 4.79 Å². The van der Waals surface area contributed by atoms with Crippen LogP contribution in [0.3, 0.4) is 0 Å². The lowest BCUT2D eigenvalue weighted by Crippen LogP contribution is -2.55. The van der Waals surface area contributed by atoms with Crippen molar-refractivity contribution in [1.82, 2.24) is 0 Å². The van der Waals surface area contributed by atoms with Crippen molar-refractivity contribution >= 4 is 57.8 Å². The van der Waals surface area contributed by atoms with E-state index in [-0.39, 0.29) is 12.4 Å². The number of carbonyl (C=O) groups is 1. The summed E-state index contributed by atoms with van der Waals surface area (Å²) < 4.78 is 5.42. The van der Waals surface area contributed by atoms with Gasteiger partial charge in [-0.05, 0) is 60.2 Å². The third kappa shape index (κ3) is 5.09. The van der Waals surface area contributed by atoms with E-state index in [4.69, 9.17) is 40.2 Å². The Kier molecular flexibility index (Phi) is 6.65. The quantitative estimate of drug-likeness (QED) is 0.334. The fraction of sp³-hybridized carbons (Fsp3) is 0.0476. The molecule has 0 radical (unpaired) electrons. The third-order valence-corrected chi connectivity index (χ3v) is 4.85. The molecule has 142 valence electrons. The van der Waals surface area contributed by atoms with Crippen molar-refractivity contribution in [3.8, 4) is 5.75 Å². The number of para-hydroxylation sites is 2. The summed E-state index contributed by atoms with van der Waals surface area (Å²) in [6.45, 7) is 0. The van der Waals surface area contributed by atoms with Crippen molar-refractivity contribution in [2.75, 3.05) is 5.32 Å². The number of esters is 1. The van der Waals surface area contributed by atoms with Crippen LogP contribution >= 0.6 is 35.4 Å². The molecule has 0 aliphatic heterocycles. The maximum absolute atomic E-state index is 12.4. The summed E-state index contributed by atoms with van der Waals surface area (Å²) in [6.07, 6.45) is 0.0841. The second-order valence-corrected chi connectivity index (χ2v) is 7.28. The highest BCUT2D eigenvalue weighted by molar-refractivity contribution is 7.80. The van der Waals surface area contributed by atoms with Gasteiger partial charge < -0.3 is 15.8 Å². The van der Waals surface area contributed by atoms with Crippen molar-refractivity contribution in [2.45, 2.75) is 6.42 Å². The van der Waals surface area contributed by atoms with Crippen molar-refractivity contribution in [3.63, 3.8) is 0 Å². The number of quaternary nitrogens is 1. The molecule has 0 spiro atoms. The first-order valence-corrected chi connectivity index (χ1v) is 9.56. The van der Waals surface area contributed by atoms with Crippen LogP contribution in [0.1, 0.15) is 11.1 Å². The van der Waals surface area contributed by atoms with Gasteiger partial charge in [-0.1, -0.05) is 47.5 Å². The summed E-state index contributed by atoms with van der Waals surface area (Å²) in [7, 11) is 0. The Morgan fingerprint density at radius 2 is 1.61 bits per heavy atom. The average Bonchev–Trinajstić information content (AvgIpc) is 2.66.